The molecule has 6 aromatic carbocycles. The van der Waals surface area contributed by atoms with E-state index in [9.17, 15) is 0 Å². The van der Waals surface area contributed by atoms with Crippen molar-refractivity contribution in [1.29, 1.82) is 0 Å². The number of pyridine rings is 2. The molecule has 0 fully saturated rings. The summed E-state index contributed by atoms with van der Waals surface area (Å²) in [6, 6.07) is 60.3. The number of aromatic nitrogens is 4. The number of benzene rings is 6. The van der Waals surface area contributed by atoms with Crippen LogP contribution in [0.25, 0.3) is 88.6 Å². The van der Waals surface area contributed by atoms with Gasteiger partial charge in [0.25, 0.3) is 0 Å². The molecule has 4 heterocycles. The van der Waals surface area contributed by atoms with Gasteiger partial charge in [-0.1, -0.05) is 109 Å². The molecule has 0 N–H and O–H groups in total. The van der Waals surface area contributed by atoms with Crippen LogP contribution in [0.15, 0.2) is 182 Å². The summed E-state index contributed by atoms with van der Waals surface area (Å²) in [5, 5.41) is 5.02. The van der Waals surface area contributed by atoms with Crippen molar-refractivity contribution in [2.24, 2.45) is 0 Å². The normalized spacial score (nSPS) is 11.6. The first-order valence-electron chi connectivity index (χ1n) is 16.9. The lowest BCUT2D eigenvalue weighted by Crippen LogP contribution is -1.96. The van der Waals surface area contributed by atoms with Gasteiger partial charge < -0.3 is 9.13 Å². The lowest BCUT2D eigenvalue weighted by atomic mass is 9.95. The Morgan fingerprint density at radius 2 is 0.620 bits per heavy atom. The Morgan fingerprint density at radius 3 is 0.960 bits per heavy atom. The van der Waals surface area contributed by atoms with Crippen molar-refractivity contribution >= 4 is 43.6 Å². The Balaban J connectivity index is 1.04. The van der Waals surface area contributed by atoms with Gasteiger partial charge in [0, 0.05) is 67.6 Å². The summed E-state index contributed by atoms with van der Waals surface area (Å²) in [6.07, 6.45) is 3.74. The van der Waals surface area contributed by atoms with Gasteiger partial charge in [-0.3, -0.25) is 9.97 Å². The zero-order valence-corrected chi connectivity index (χ0v) is 27.1. The maximum atomic E-state index is 4.92. The van der Waals surface area contributed by atoms with Crippen LogP contribution < -0.4 is 0 Å². The Bertz CT molecular complexity index is 2550. The Kier molecular flexibility index (Phi) is 6.46. The molecule has 0 radical (unpaired) electrons. The van der Waals surface area contributed by atoms with Crippen LogP contribution in [-0.2, 0) is 0 Å². The molecule has 0 saturated heterocycles. The molecule has 0 aliphatic heterocycles. The SMILES string of the molecule is c1cnc(-c2ccc(-n3c4ccccc4c4ccccc43)cc2)c(-c2cccnc2-c2ccc(-n3c4ccccc4c4ccccc43)cc2)c1. The number of hydrogen-bond donors (Lipinski definition) is 0. The molecular formula is C46H30N4. The van der Waals surface area contributed by atoms with E-state index in [2.05, 4.69) is 167 Å². The molecule has 234 valence electrons. The van der Waals surface area contributed by atoms with Gasteiger partial charge in [-0.15, -0.1) is 0 Å². The zero-order valence-electron chi connectivity index (χ0n) is 27.1. The van der Waals surface area contributed by atoms with Crippen molar-refractivity contribution in [3.63, 3.8) is 0 Å². The molecule has 0 amide bonds. The monoisotopic (exact) mass is 638 g/mol. The van der Waals surface area contributed by atoms with Gasteiger partial charge in [0.05, 0.1) is 33.5 Å². The summed E-state index contributed by atoms with van der Waals surface area (Å²) in [5.74, 6) is 0. The smallest absolute Gasteiger partial charge is 0.0781 e. The molecule has 0 saturated carbocycles. The highest BCUT2D eigenvalue weighted by Crippen LogP contribution is 2.38. The summed E-state index contributed by atoms with van der Waals surface area (Å²) in [6.45, 7) is 0. The molecule has 0 bridgehead atoms. The van der Waals surface area contributed by atoms with Gasteiger partial charge >= 0.3 is 0 Å². The van der Waals surface area contributed by atoms with E-state index in [4.69, 9.17) is 9.97 Å². The number of nitrogens with zero attached hydrogens (tertiary/aromatic N) is 4. The summed E-state index contributed by atoms with van der Waals surface area (Å²) < 4.78 is 4.69. The first-order chi connectivity index (χ1) is 24.8. The van der Waals surface area contributed by atoms with Gasteiger partial charge in [-0.05, 0) is 60.7 Å². The average Bonchev–Trinajstić information content (AvgIpc) is 3.71. The zero-order chi connectivity index (χ0) is 33.0. The standard InChI is InChI=1S/C46H30N4/c1-5-17-41-35(11-1)36-12-2-6-18-42(36)49(41)33-25-21-31(22-26-33)45-39(15-9-29-47-45)40-16-10-30-48-46(40)32-23-27-34(28-24-32)50-43-19-7-3-13-37(43)38-14-4-8-20-44(38)50/h1-30H. The molecule has 0 atom stereocenters. The van der Waals surface area contributed by atoms with Crippen molar-refractivity contribution in [2.45, 2.75) is 0 Å². The topological polar surface area (TPSA) is 35.6 Å². The van der Waals surface area contributed by atoms with Crippen LogP contribution in [0.2, 0.25) is 0 Å². The fourth-order valence-corrected chi connectivity index (χ4v) is 7.64. The second kappa shape index (κ2) is 11.4. The highest BCUT2D eigenvalue weighted by molar-refractivity contribution is 6.10. The Hall–Kier alpha value is -6.78. The molecular weight excluding hydrogens is 609 g/mol. The Morgan fingerprint density at radius 1 is 0.300 bits per heavy atom. The third-order valence-electron chi connectivity index (χ3n) is 9.86. The van der Waals surface area contributed by atoms with Crippen LogP contribution in [0.3, 0.4) is 0 Å². The van der Waals surface area contributed by atoms with Crippen LogP contribution in [0, 0.1) is 0 Å². The van der Waals surface area contributed by atoms with E-state index in [-0.39, 0.29) is 0 Å². The fourth-order valence-electron chi connectivity index (χ4n) is 7.64. The molecule has 4 heteroatoms. The van der Waals surface area contributed by atoms with Crippen molar-refractivity contribution in [2.75, 3.05) is 0 Å². The van der Waals surface area contributed by atoms with Crippen LogP contribution in [-0.4, -0.2) is 19.1 Å². The van der Waals surface area contributed by atoms with Crippen molar-refractivity contribution in [3.8, 4) is 45.0 Å². The van der Waals surface area contributed by atoms with E-state index < -0.39 is 0 Å². The van der Waals surface area contributed by atoms with Crippen LogP contribution in [0.4, 0.5) is 0 Å². The number of para-hydroxylation sites is 4. The molecule has 50 heavy (non-hydrogen) atoms. The Labute approximate surface area is 289 Å². The summed E-state index contributed by atoms with van der Waals surface area (Å²) in [5.41, 5.74) is 13.1. The van der Waals surface area contributed by atoms with Gasteiger partial charge in [0.15, 0.2) is 0 Å². The molecule has 10 aromatic rings. The minimum atomic E-state index is 0.928. The van der Waals surface area contributed by atoms with Gasteiger partial charge in [-0.2, -0.15) is 0 Å². The molecule has 0 aliphatic carbocycles. The molecule has 0 spiro atoms. The van der Waals surface area contributed by atoms with E-state index in [0.29, 0.717) is 0 Å². The third-order valence-corrected chi connectivity index (χ3v) is 9.86. The van der Waals surface area contributed by atoms with Crippen LogP contribution >= 0.6 is 0 Å². The number of rotatable bonds is 5. The molecule has 0 unspecified atom stereocenters. The van der Waals surface area contributed by atoms with Crippen LogP contribution in [0.1, 0.15) is 0 Å². The summed E-state index contributed by atoms with van der Waals surface area (Å²) in [4.78, 5) is 9.84. The van der Waals surface area contributed by atoms with Crippen LogP contribution in [0.5, 0.6) is 0 Å². The maximum Gasteiger partial charge on any atom is 0.0781 e. The third kappa shape index (κ3) is 4.39. The molecule has 0 aliphatic rings. The van der Waals surface area contributed by atoms with E-state index in [0.717, 1.165) is 45.0 Å². The fraction of sp³-hybridized carbons (Fsp3) is 0. The highest BCUT2D eigenvalue weighted by Gasteiger charge is 2.17. The highest BCUT2D eigenvalue weighted by atomic mass is 15.0. The lowest BCUT2D eigenvalue weighted by molar-refractivity contribution is 1.18. The van der Waals surface area contributed by atoms with Crippen molar-refractivity contribution in [1.82, 2.24) is 19.1 Å². The summed E-state index contributed by atoms with van der Waals surface area (Å²) >= 11 is 0. The van der Waals surface area contributed by atoms with E-state index in [1.807, 2.05) is 24.5 Å². The molecule has 10 rings (SSSR count). The second-order valence-electron chi connectivity index (χ2n) is 12.6. The number of fused-ring (bicyclic) bond motifs is 6. The number of hydrogen-bond acceptors (Lipinski definition) is 2. The first kappa shape index (κ1) is 28.3. The van der Waals surface area contributed by atoms with E-state index in [1.54, 1.807) is 0 Å². The van der Waals surface area contributed by atoms with Gasteiger partial charge in [-0.25, -0.2) is 0 Å². The summed E-state index contributed by atoms with van der Waals surface area (Å²) in [7, 11) is 0. The predicted octanol–water partition coefficient (Wildman–Crippen LogP) is 11.7. The van der Waals surface area contributed by atoms with Gasteiger partial charge in [0.1, 0.15) is 0 Å². The lowest BCUT2D eigenvalue weighted by Gasteiger charge is -2.14. The van der Waals surface area contributed by atoms with Crippen molar-refractivity contribution in [3.05, 3.63) is 182 Å². The molecule has 4 aromatic heterocycles. The first-order valence-corrected chi connectivity index (χ1v) is 16.9. The second-order valence-corrected chi connectivity index (χ2v) is 12.6. The minimum absolute atomic E-state index is 0.928. The van der Waals surface area contributed by atoms with E-state index >= 15 is 0 Å². The minimum Gasteiger partial charge on any atom is -0.309 e. The average molecular weight is 639 g/mol. The predicted molar refractivity (Wildman–Crippen MR) is 207 cm³/mol. The van der Waals surface area contributed by atoms with Crippen molar-refractivity contribution < 1.29 is 0 Å². The largest absolute Gasteiger partial charge is 0.309 e. The quantitative estimate of drug-likeness (QED) is 0.188. The van der Waals surface area contributed by atoms with Gasteiger partial charge in [0.2, 0.25) is 0 Å². The maximum absolute atomic E-state index is 4.92. The van der Waals surface area contributed by atoms with E-state index in [1.165, 1.54) is 43.6 Å². The molecule has 4 nitrogen and oxygen atoms in total.